The molecule has 0 unspecified atom stereocenters. The fourth-order valence-corrected chi connectivity index (χ4v) is 2.53. The van der Waals surface area contributed by atoms with Gasteiger partial charge in [0, 0.05) is 6.07 Å². The highest BCUT2D eigenvalue weighted by atomic mass is 16.5. The third-order valence-electron chi connectivity index (χ3n) is 4.21. The quantitative estimate of drug-likeness (QED) is 0.578. The second-order valence-corrected chi connectivity index (χ2v) is 6.18. The van der Waals surface area contributed by atoms with Crippen molar-refractivity contribution >= 4 is 11.4 Å². The van der Waals surface area contributed by atoms with Gasteiger partial charge < -0.3 is 9.84 Å². The van der Waals surface area contributed by atoms with Crippen LogP contribution in [0.4, 0.5) is 0 Å². The molecular weight excluding hydrogens is 348 g/mol. The van der Waals surface area contributed by atoms with Gasteiger partial charge in [-0.2, -0.15) is 0 Å². The lowest BCUT2D eigenvalue weighted by Crippen LogP contribution is -1.99. The highest BCUT2D eigenvalue weighted by Gasteiger charge is 2.27. The zero-order valence-electron chi connectivity index (χ0n) is 17.9. The molecule has 150 valence electrons. The number of rotatable bonds is 3. The number of phenolic OH excluding ortho intramolecular Hbond substituents is 1. The number of hydrogen-bond donors (Lipinski definition) is 1. The average molecular weight is 381 g/mol. The molecule has 0 amide bonds. The van der Waals surface area contributed by atoms with Gasteiger partial charge in [0.25, 0.3) is 0 Å². The third-order valence-corrected chi connectivity index (χ3v) is 4.21. The molecule has 2 aromatic rings. The van der Waals surface area contributed by atoms with E-state index in [-0.39, 0.29) is 17.3 Å². The van der Waals surface area contributed by atoms with Crippen molar-refractivity contribution in [2.45, 2.75) is 54.4 Å². The Morgan fingerprint density at radius 1 is 1.07 bits per heavy atom. The summed E-state index contributed by atoms with van der Waals surface area (Å²) in [5.41, 5.74) is 3.60. The van der Waals surface area contributed by atoms with Crippen LogP contribution in [0.25, 0.3) is 5.57 Å². The number of allylic oxidation sites excluding steroid dienone is 4. The van der Waals surface area contributed by atoms with Crippen molar-refractivity contribution in [1.82, 2.24) is 0 Å². The smallest absolute Gasteiger partial charge is 0.231 e. The summed E-state index contributed by atoms with van der Waals surface area (Å²) in [4.78, 5) is 12.4. The van der Waals surface area contributed by atoms with Crippen LogP contribution in [-0.4, -0.2) is 10.9 Å². The third kappa shape index (κ3) is 5.85. The Labute approximate surface area is 169 Å². The van der Waals surface area contributed by atoms with E-state index in [1.807, 2.05) is 58.0 Å². The molecular formula is C25H32O3. The number of benzene rings is 2. The van der Waals surface area contributed by atoms with Crippen LogP contribution in [0.2, 0.25) is 0 Å². The minimum atomic E-state index is -0.164. The number of unbranched alkanes of at least 4 members (excludes halogenated alkanes) is 1. The summed E-state index contributed by atoms with van der Waals surface area (Å²) in [5.74, 6) is 0.592. The van der Waals surface area contributed by atoms with Crippen LogP contribution in [0.15, 0.2) is 60.4 Å². The van der Waals surface area contributed by atoms with Crippen LogP contribution < -0.4 is 4.74 Å². The first-order chi connectivity index (χ1) is 13.5. The van der Waals surface area contributed by atoms with Crippen LogP contribution in [0, 0.1) is 6.92 Å². The number of phenols is 1. The van der Waals surface area contributed by atoms with Gasteiger partial charge in [-0.3, -0.25) is 4.79 Å². The summed E-state index contributed by atoms with van der Waals surface area (Å²) in [6.07, 6.45) is 6.34. The number of aryl methyl sites for hydroxylation is 1. The second kappa shape index (κ2) is 11.8. The molecule has 1 N–H and O–H groups in total. The van der Waals surface area contributed by atoms with Crippen molar-refractivity contribution in [1.29, 1.82) is 0 Å². The second-order valence-electron chi connectivity index (χ2n) is 6.18. The SMILES string of the molecule is C/C=C(/C=C1\Oc2cc(O)ccc2C1=O)c1ccccc1C.CC.CCCC. The van der Waals surface area contributed by atoms with E-state index in [0.717, 1.165) is 16.7 Å². The first-order valence-corrected chi connectivity index (χ1v) is 10.0. The molecule has 0 aromatic heterocycles. The molecule has 0 spiro atoms. The van der Waals surface area contributed by atoms with Gasteiger partial charge in [0.05, 0.1) is 5.56 Å². The molecule has 3 nitrogen and oxygen atoms in total. The Morgan fingerprint density at radius 2 is 1.71 bits per heavy atom. The van der Waals surface area contributed by atoms with E-state index in [1.54, 1.807) is 12.1 Å². The molecule has 1 aliphatic heterocycles. The first kappa shape index (κ1) is 23.2. The lowest BCUT2D eigenvalue weighted by Gasteiger charge is -2.07. The topological polar surface area (TPSA) is 46.5 Å². The molecule has 28 heavy (non-hydrogen) atoms. The largest absolute Gasteiger partial charge is 0.508 e. The molecule has 3 rings (SSSR count). The molecule has 2 aromatic carbocycles. The number of carbonyl (C=O) groups excluding carboxylic acids is 1. The number of ether oxygens (including phenoxy) is 1. The fourth-order valence-electron chi connectivity index (χ4n) is 2.53. The normalized spacial score (nSPS) is 13.7. The Bertz CT molecular complexity index is 843. The first-order valence-electron chi connectivity index (χ1n) is 10.0. The van der Waals surface area contributed by atoms with Gasteiger partial charge in [0.2, 0.25) is 5.78 Å². The number of fused-ring (bicyclic) bond motifs is 1. The highest BCUT2D eigenvalue weighted by molar-refractivity contribution is 6.13. The van der Waals surface area contributed by atoms with Crippen LogP contribution >= 0.6 is 0 Å². The Morgan fingerprint density at radius 3 is 2.29 bits per heavy atom. The zero-order valence-corrected chi connectivity index (χ0v) is 17.9. The van der Waals surface area contributed by atoms with Crippen LogP contribution in [0.5, 0.6) is 11.5 Å². The number of carbonyl (C=O) groups is 1. The van der Waals surface area contributed by atoms with E-state index in [1.165, 1.54) is 25.0 Å². The zero-order chi connectivity index (χ0) is 21.1. The van der Waals surface area contributed by atoms with Crippen molar-refractivity contribution in [3.63, 3.8) is 0 Å². The Kier molecular flexibility index (Phi) is 9.80. The minimum absolute atomic E-state index is 0.0814. The summed E-state index contributed by atoms with van der Waals surface area (Å²) in [6.45, 7) is 12.3. The average Bonchev–Trinajstić information content (AvgIpc) is 3.03. The van der Waals surface area contributed by atoms with E-state index in [9.17, 15) is 9.90 Å². The maximum atomic E-state index is 12.4. The minimum Gasteiger partial charge on any atom is -0.508 e. The molecule has 0 saturated heterocycles. The number of ketones is 1. The Hall–Kier alpha value is -2.81. The highest BCUT2D eigenvalue weighted by Crippen LogP contribution is 2.35. The molecule has 1 heterocycles. The van der Waals surface area contributed by atoms with E-state index < -0.39 is 0 Å². The lowest BCUT2D eigenvalue weighted by molar-refractivity contribution is 0.101. The van der Waals surface area contributed by atoms with Crippen molar-refractivity contribution < 1.29 is 14.6 Å². The Balaban J connectivity index is 0.000000583. The van der Waals surface area contributed by atoms with E-state index in [0.29, 0.717) is 11.3 Å². The summed E-state index contributed by atoms with van der Waals surface area (Å²) in [7, 11) is 0. The van der Waals surface area contributed by atoms with Crippen LogP contribution in [-0.2, 0) is 0 Å². The van der Waals surface area contributed by atoms with E-state index in [4.69, 9.17) is 4.74 Å². The lowest BCUT2D eigenvalue weighted by atomic mass is 9.99. The maximum Gasteiger partial charge on any atom is 0.231 e. The molecule has 0 bridgehead atoms. The van der Waals surface area contributed by atoms with E-state index >= 15 is 0 Å². The molecule has 0 atom stereocenters. The molecule has 0 aliphatic carbocycles. The molecule has 0 fully saturated rings. The summed E-state index contributed by atoms with van der Waals surface area (Å²) < 4.78 is 5.60. The van der Waals surface area contributed by atoms with Gasteiger partial charge in [-0.05, 0) is 48.8 Å². The predicted molar refractivity (Wildman–Crippen MR) is 118 cm³/mol. The predicted octanol–water partition coefficient (Wildman–Crippen LogP) is 7.10. The maximum absolute atomic E-state index is 12.4. The molecule has 3 heteroatoms. The van der Waals surface area contributed by atoms with Gasteiger partial charge in [-0.1, -0.05) is 70.9 Å². The van der Waals surface area contributed by atoms with Gasteiger partial charge >= 0.3 is 0 Å². The number of hydrogen-bond acceptors (Lipinski definition) is 3. The summed E-state index contributed by atoms with van der Waals surface area (Å²) in [6, 6.07) is 12.5. The van der Waals surface area contributed by atoms with Crippen molar-refractivity contribution in [2.75, 3.05) is 0 Å². The van der Waals surface area contributed by atoms with Crippen molar-refractivity contribution in [3.05, 3.63) is 77.1 Å². The van der Waals surface area contributed by atoms with Gasteiger partial charge in [0.15, 0.2) is 5.76 Å². The number of Topliss-reactive ketones (excluding diaryl/α,β-unsaturated/α-hetero) is 1. The van der Waals surface area contributed by atoms with Gasteiger partial charge in [-0.15, -0.1) is 0 Å². The van der Waals surface area contributed by atoms with E-state index in [2.05, 4.69) is 13.8 Å². The molecule has 0 saturated carbocycles. The van der Waals surface area contributed by atoms with Crippen LogP contribution in [0.3, 0.4) is 0 Å². The molecule has 0 radical (unpaired) electrons. The van der Waals surface area contributed by atoms with Crippen molar-refractivity contribution in [3.8, 4) is 11.5 Å². The number of aromatic hydroxyl groups is 1. The van der Waals surface area contributed by atoms with Gasteiger partial charge in [-0.25, -0.2) is 0 Å². The monoisotopic (exact) mass is 380 g/mol. The summed E-state index contributed by atoms with van der Waals surface area (Å²) in [5, 5.41) is 9.49. The standard InChI is InChI=1S/C19H16O3.C4H10.C2H6/c1-3-13(15-7-5-4-6-12(15)2)10-18-19(21)16-9-8-14(20)11-17(16)22-18;1-3-4-2;1-2/h3-11,20H,1-2H3;3-4H2,1-2H3;1-2H3/b13-3-,18-10-;;. The van der Waals surface area contributed by atoms with Gasteiger partial charge in [0.1, 0.15) is 11.5 Å². The van der Waals surface area contributed by atoms with Crippen LogP contribution in [0.1, 0.15) is 68.9 Å². The van der Waals surface area contributed by atoms with Crippen molar-refractivity contribution in [2.24, 2.45) is 0 Å². The fraction of sp³-hybridized carbons (Fsp3) is 0.320. The summed E-state index contributed by atoms with van der Waals surface area (Å²) >= 11 is 0. The molecule has 1 aliphatic rings.